The number of imide groups is 1. The highest BCUT2D eigenvalue weighted by atomic mass is 32.2. The van der Waals surface area contributed by atoms with Crippen molar-refractivity contribution in [1.29, 1.82) is 0 Å². The van der Waals surface area contributed by atoms with Crippen LogP contribution in [0.5, 0.6) is 0 Å². The predicted molar refractivity (Wildman–Crippen MR) is 72.4 cm³/mol. The van der Waals surface area contributed by atoms with Gasteiger partial charge in [-0.1, -0.05) is 11.8 Å². The predicted octanol–water partition coefficient (Wildman–Crippen LogP) is -0.706. The number of thioether (sulfide) groups is 1. The number of urea groups is 1. The van der Waals surface area contributed by atoms with Crippen LogP contribution >= 0.6 is 11.8 Å². The number of amides is 4. The summed E-state index contributed by atoms with van der Waals surface area (Å²) in [4.78, 5) is 34.0. The molecule has 2 unspecified atom stereocenters. The Bertz CT molecular complexity index is 561. The maximum Gasteiger partial charge on any atom is 0.321 e. The maximum atomic E-state index is 11.8. The van der Waals surface area contributed by atoms with E-state index in [9.17, 15) is 14.4 Å². The van der Waals surface area contributed by atoms with Gasteiger partial charge in [0.2, 0.25) is 17.7 Å². The molecule has 0 aliphatic carbocycles. The first-order valence-electron chi connectivity index (χ1n) is 6.26. The van der Waals surface area contributed by atoms with Crippen molar-refractivity contribution in [1.82, 2.24) is 26.1 Å². The van der Waals surface area contributed by atoms with E-state index >= 15 is 0 Å². The van der Waals surface area contributed by atoms with Crippen molar-refractivity contribution in [2.75, 3.05) is 12.8 Å². The lowest BCUT2D eigenvalue weighted by molar-refractivity contribution is -0.125. The van der Waals surface area contributed by atoms with E-state index in [1.807, 2.05) is 0 Å². The number of carbonyl (C=O) groups excluding carboxylic acids is 3. The van der Waals surface area contributed by atoms with Crippen molar-refractivity contribution in [3.05, 3.63) is 5.89 Å². The smallest absolute Gasteiger partial charge is 0.321 e. The minimum atomic E-state index is -0.504. The Morgan fingerprint density at radius 3 is 2.86 bits per heavy atom. The topological polar surface area (TPSA) is 126 Å². The Labute approximate surface area is 124 Å². The van der Waals surface area contributed by atoms with Crippen molar-refractivity contribution >= 4 is 29.6 Å². The van der Waals surface area contributed by atoms with Crippen LogP contribution in [-0.2, 0) is 16.0 Å². The molecule has 10 heteroatoms. The van der Waals surface area contributed by atoms with Crippen molar-refractivity contribution < 1.29 is 18.8 Å². The first-order valence-corrected chi connectivity index (χ1v) is 7.25. The Balaban J connectivity index is 1.94. The Hall–Kier alpha value is -2.10. The van der Waals surface area contributed by atoms with Gasteiger partial charge in [0.1, 0.15) is 0 Å². The summed E-state index contributed by atoms with van der Waals surface area (Å²) in [6.45, 7) is 1.74. The molecule has 2 rings (SSSR count). The Morgan fingerprint density at radius 1 is 1.43 bits per heavy atom. The number of hydrogen-bond donors (Lipinski definition) is 3. The minimum Gasteiger partial charge on any atom is -0.416 e. The second-order valence-corrected chi connectivity index (χ2v) is 5.41. The van der Waals surface area contributed by atoms with Crippen LogP contribution in [0.1, 0.15) is 12.8 Å². The molecule has 1 fully saturated rings. The molecule has 0 bridgehead atoms. The quantitative estimate of drug-likeness (QED) is 0.613. The molecule has 0 radical (unpaired) electrons. The SMILES string of the molecule is CNC(=O)CSc1nnc(CC2C(=O)NC(=O)NC2C)o1. The van der Waals surface area contributed by atoms with Crippen LogP contribution in [0.3, 0.4) is 0 Å². The second-order valence-electron chi connectivity index (χ2n) is 4.49. The summed E-state index contributed by atoms with van der Waals surface area (Å²) in [5.74, 6) is -0.529. The summed E-state index contributed by atoms with van der Waals surface area (Å²) in [5, 5.41) is 15.2. The molecule has 0 aromatic carbocycles. The van der Waals surface area contributed by atoms with Gasteiger partial charge in [0.25, 0.3) is 5.22 Å². The van der Waals surface area contributed by atoms with E-state index in [1.165, 1.54) is 0 Å². The van der Waals surface area contributed by atoms with E-state index in [4.69, 9.17) is 4.42 Å². The molecule has 9 nitrogen and oxygen atoms in total. The largest absolute Gasteiger partial charge is 0.416 e. The summed E-state index contributed by atoms with van der Waals surface area (Å²) in [6, 6.07) is -0.823. The summed E-state index contributed by atoms with van der Waals surface area (Å²) in [5.41, 5.74) is 0. The van der Waals surface area contributed by atoms with Crippen LogP contribution in [-0.4, -0.2) is 46.9 Å². The van der Waals surface area contributed by atoms with Gasteiger partial charge in [-0.3, -0.25) is 14.9 Å². The number of hydrogen-bond acceptors (Lipinski definition) is 7. The lowest BCUT2D eigenvalue weighted by Crippen LogP contribution is -2.57. The van der Waals surface area contributed by atoms with Gasteiger partial charge in [-0.25, -0.2) is 4.79 Å². The number of rotatable bonds is 5. The van der Waals surface area contributed by atoms with Gasteiger partial charge in [0.05, 0.1) is 11.7 Å². The van der Waals surface area contributed by atoms with Crippen LogP contribution in [0.15, 0.2) is 9.64 Å². The number of aromatic nitrogens is 2. The molecule has 3 N–H and O–H groups in total. The van der Waals surface area contributed by atoms with Crippen molar-refractivity contribution in [3.8, 4) is 0 Å². The van der Waals surface area contributed by atoms with Crippen LogP contribution in [0.4, 0.5) is 4.79 Å². The standard InChI is InChI=1S/C11H15N5O4S/c1-5-6(9(18)14-10(19)13-5)3-8-15-16-11(20-8)21-4-7(17)12-2/h5-6H,3-4H2,1-2H3,(H,12,17)(H2,13,14,18,19). The first-order chi connectivity index (χ1) is 9.99. The third-order valence-corrected chi connectivity index (χ3v) is 3.80. The van der Waals surface area contributed by atoms with Gasteiger partial charge in [-0.15, -0.1) is 10.2 Å². The van der Waals surface area contributed by atoms with Gasteiger partial charge in [0, 0.05) is 19.5 Å². The number of nitrogens with zero attached hydrogens (tertiary/aromatic N) is 2. The molecular weight excluding hydrogens is 298 g/mol. The van der Waals surface area contributed by atoms with Crippen molar-refractivity contribution in [2.45, 2.75) is 24.6 Å². The Kier molecular flexibility index (Phi) is 4.78. The molecule has 0 spiro atoms. The van der Waals surface area contributed by atoms with Crippen molar-refractivity contribution in [3.63, 3.8) is 0 Å². The highest BCUT2D eigenvalue weighted by molar-refractivity contribution is 7.99. The average molecular weight is 313 g/mol. The van der Waals surface area contributed by atoms with Gasteiger partial charge >= 0.3 is 6.03 Å². The zero-order valence-corrected chi connectivity index (χ0v) is 12.3. The Morgan fingerprint density at radius 2 is 2.19 bits per heavy atom. The molecule has 1 aromatic rings. The van der Waals surface area contributed by atoms with E-state index in [2.05, 4.69) is 26.1 Å². The van der Waals surface area contributed by atoms with Crippen LogP contribution in [0.25, 0.3) is 0 Å². The van der Waals surface area contributed by atoms with E-state index in [-0.39, 0.29) is 41.1 Å². The van der Waals surface area contributed by atoms with E-state index < -0.39 is 11.9 Å². The zero-order chi connectivity index (χ0) is 15.4. The fourth-order valence-electron chi connectivity index (χ4n) is 1.81. The number of nitrogens with one attached hydrogen (secondary N) is 3. The molecule has 2 heterocycles. The minimum absolute atomic E-state index is 0.150. The second kappa shape index (κ2) is 6.57. The van der Waals surface area contributed by atoms with Gasteiger partial charge in [-0.2, -0.15) is 0 Å². The molecule has 4 amide bonds. The fraction of sp³-hybridized carbons (Fsp3) is 0.545. The van der Waals surface area contributed by atoms with Gasteiger partial charge in [-0.05, 0) is 6.92 Å². The van der Waals surface area contributed by atoms with Crippen LogP contribution in [0, 0.1) is 5.92 Å². The zero-order valence-electron chi connectivity index (χ0n) is 11.5. The number of carbonyl (C=O) groups is 3. The summed E-state index contributed by atoms with van der Waals surface area (Å²) >= 11 is 1.12. The highest BCUT2D eigenvalue weighted by Gasteiger charge is 2.33. The highest BCUT2D eigenvalue weighted by Crippen LogP contribution is 2.19. The molecular formula is C11H15N5O4S. The molecule has 0 saturated carbocycles. The van der Waals surface area contributed by atoms with Gasteiger partial charge < -0.3 is 15.1 Å². The lowest BCUT2D eigenvalue weighted by atomic mass is 9.95. The molecule has 21 heavy (non-hydrogen) atoms. The van der Waals surface area contributed by atoms with Crippen molar-refractivity contribution in [2.24, 2.45) is 5.92 Å². The average Bonchev–Trinajstić information content (AvgIpc) is 2.88. The third-order valence-electron chi connectivity index (χ3n) is 2.98. The molecule has 1 aliphatic heterocycles. The summed E-state index contributed by atoms with van der Waals surface area (Å²) in [6.07, 6.45) is 0.223. The summed E-state index contributed by atoms with van der Waals surface area (Å²) < 4.78 is 5.37. The molecule has 2 atom stereocenters. The molecule has 1 aromatic heterocycles. The summed E-state index contributed by atoms with van der Waals surface area (Å²) in [7, 11) is 1.54. The third kappa shape index (κ3) is 3.94. The molecule has 1 aliphatic rings. The maximum absolute atomic E-state index is 11.8. The van der Waals surface area contributed by atoms with Crippen LogP contribution < -0.4 is 16.0 Å². The monoisotopic (exact) mass is 313 g/mol. The fourth-order valence-corrected chi connectivity index (χ4v) is 2.46. The van der Waals surface area contributed by atoms with Crippen LogP contribution in [0.2, 0.25) is 0 Å². The lowest BCUT2D eigenvalue weighted by Gasteiger charge is -2.27. The van der Waals surface area contributed by atoms with E-state index in [0.717, 1.165) is 11.8 Å². The normalized spacial score (nSPS) is 21.6. The van der Waals surface area contributed by atoms with E-state index in [1.54, 1.807) is 14.0 Å². The van der Waals surface area contributed by atoms with E-state index in [0.29, 0.717) is 0 Å². The molecule has 1 saturated heterocycles. The van der Waals surface area contributed by atoms with Gasteiger partial charge in [0.15, 0.2) is 0 Å². The molecule has 114 valence electrons. The first kappa shape index (κ1) is 15.3.